The maximum Gasteiger partial charge on any atom is 0.313 e. The van der Waals surface area contributed by atoms with Crippen molar-refractivity contribution in [3.05, 3.63) is 12.2 Å². The Kier molecular flexibility index (Phi) is 10.4. The third-order valence-corrected chi connectivity index (χ3v) is 3.98. The van der Waals surface area contributed by atoms with Crippen LogP contribution in [0.3, 0.4) is 0 Å². The molecule has 138 valence electrons. The summed E-state index contributed by atoms with van der Waals surface area (Å²) in [5, 5.41) is 9.23. The average Bonchev–Trinajstić information content (AvgIpc) is 2.59. The molecule has 0 aromatic carbocycles. The first-order chi connectivity index (χ1) is 11.6. The van der Waals surface area contributed by atoms with Gasteiger partial charge in [0.1, 0.15) is 6.61 Å². The fraction of sp³-hybridized carbons (Fsp3) is 0.778. The van der Waals surface area contributed by atoms with Gasteiger partial charge in [-0.15, -0.1) is 0 Å². The highest BCUT2D eigenvalue weighted by Crippen LogP contribution is 2.26. The van der Waals surface area contributed by atoms with E-state index in [1.807, 2.05) is 6.08 Å². The van der Waals surface area contributed by atoms with E-state index in [0.717, 1.165) is 25.7 Å². The molecule has 2 unspecified atom stereocenters. The fourth-order valence-electron chi connectivity index (χ4n) is 2.46. The summed E-state index contributed by atoms with van der Waals surface area (Å²) in [6.45, 7) is 5.22. The van der Waals surface area contributed by atoms with Gasteiger partial charge in [-0.25, -0.2) is 0 Å². The van der Waals surface area contributed by atoms with E-state index in [-0.39, 0.29) is 6.61 Å². The minimum Gasteiger partial charge on any atom is -0.481 e. The number of carboxylic acid groups (broad SMARTS) is 1. The topological polar surface area (TPSA) is 82.1 Å². The molecule has 0 heterocycles. The smallest absolute Gasteiger partial charge is 0.313 e. The van der Waals surface area contributed by atoms with Crippen LogP contribution in [0.15, 0.2) is 12.2 Å². The summed E-state index contributed by atoms with van der Waals surface area (Å²) in [6, 6.07) is 0. The summed E-state index contributed by atoms with van der Waals surface area (Å²) < 4.78 is 16.5. The van der Waals surface area contributed by atoms with Crippen molar-refractivity contribution in [3.8, 4) is 0 Å². The molecule has 6 heteroatoms. The van der Waals surface area contributed by atoms with Gasteiger partial charge in [0, 0.05) is 13.2 Å². The Bertz CT molecular complexity index is 396. The first-order valence-electron chi connectivity index (χ1n) is 8.89. The number of carbonyl (C=O) groups excluding carboxylic acids is 1. The van der Waals surface area contributed by atoms with Gasteiger partial charge in [-0.05, 0) is 25.7 Å². The highest BCUT2D eigenvalue weighted by Gasteiger charge is 2.34. The summed E-state index contributed by atoms with van der Waals surface area (Å²) in [6.07, 6.45) is 7.83. The van der Waals surface area contributed by atoms with Crippen molar-refractivity contribution in [3.63, 3.8) is 0 Å². The van der Waals surface area contributed by atoms with E-state index in [0.29, 0.717) is 26.1 Å². The molecule has 1 aliphatic rings. The minimum absolute atomic E-state index is 0.0110. The lowest BCUT2D eigenvalue weighted by Crippen LogP contribution is -2.34. The van der Waals surface area contributed by atoms with E-state index in [1.165, 1.54) is 0 Å². The van der Waals surface area contributed by atoms with Crippen molar-refractivity contribution in [2.24, 2.45) is 11.8 Å². The fourth-order valence-corrected chi connectivity index (χ4v) is 2.46. The number of esters is 1. The van der Waals surface area contributed by atoms with Gasteiger partial charge < -0.3 is 19.3 Å². The summed E-state index contributed by atoms with van der Waals surface area (Å²) in [7, 11) is 0. The van der Waals surface area contributed by atoms with Crippen LogP contribution in [0, 0.1) is 11.8 Å². The maximum atomic E-state index is 12.2. The highest BCUT2D eigenvalue weighted by molar-refractivity contribution is 5.83. The SMILES string of the molecule is CCCCOC(COC(=O)C1C=CCCC1C(=O)O)OCCCC. The van der Waals surface area contributed by atoms with Crippen molar-refractivity contribution >= 4 is 11.9 Å². The van der Waals surface area contributed by atoms with Crippen LogP contribution in [0.25, 0.3) is 0 Å². The second kappa shape index (κ2) is 12.0. The molecule has 0 fully saturated rings. The first-order valence-corrected chi connectivity index (χ1v) is 8.89. The molecule has 0 saturated heterocycles. The molecule has 6 nitrogen and oxygen atoms in total. The van der Waals surface area contributed by atoms with Crippen LogP contribution in [-0.4, -0.2) is 43.2 Å². The second-order valence-electron chi connectivity index (χ2n) is 5.98. The lowest BCUT2D eigenvalue weighted by atomic mass is 9.84. The Hall–Kier alpha value is -1.40. The zero-order valence-corrected chi connectivity index (χ0v) is 14.7. The van der Waals surface area contributed by atoms with Gasteiger partial charge in [0.25, 0.3) is 0 Å². The van der Waals surface area contributed by atoms with Crippen molar-refractivity contribution < 1.29 is 28.9 Å². The van der Waals surface area contributed by atoms with Gasteiger partial charge in [0.05, 0.1) is 11.8 Å². The number of hydrogen-bond donors (Lipinski definition) is 1. The van der Waals surface area contributed by atoms with Crippen molar-refractivity contribution in [1.82, 2.24) is 0 Å². The molecule has 2 atom stereocenters. The Balaban J connectivity index is 2.49. The number of carboxylic acids is 1. The van der Waals surface area contributed by atoms with Crippen LogP contribution in [0.4, 0.5) is 0 Å². The van der Waals surface area contributed by atoms with Crippen LogP contribution in [0.2, 0.25) is 0 Å². The van der Waals surface area contributed by atoms with Crippen LogP contribution < -0.4 is 0 Å². The quantitative estimate of drug-likeness (QED) is 0.254. The van der Waals surface area contributed by atoms with Crippen LogP contribution >= 0.6 is 0 Å². The third-order valence-electron chi connectivity index (χ3n) is 3.98. The second-order valence-corrected chi connectivity index (χ2v) is 5.98. The molecule has 0 amide bonds. The van der Waals surface area contributed by atoms with Gasteiger partial charge in [0.15, 0.2) is 6.29 Å². The molecule has 24 heavy (non-hydrogen) atoms. The Morgan fingerprint density at radius 1 is 1.17 bits per heavy atom. The van der Waals surface area contributed by atoms with Crippen LogP contribution in [0.5, 0.6) is 0 Å². The predicted molar refractivity (Wildman–Crippen MR) is 89.5 cm³/mol. The molecule has 0 radical (unpaired) electrons. The molecular weight excluding hydrogens is 312 g/mol. The summed E-state index contributed by atoms with van der Waals surface area (Å²) in [5.41, 5.74) is 0. The summed E-state index contributed by atoms with van der Waals surface area (Å²) >= 11 is 0. The van der Waals surface area contributed by atoms with E-state index >= 15 is 0 Å². The minimum atomic E-state index is -0.962. The van der Waals surface area contributed by atoms with Gasteiger partial charge >= 0.3 is 11.9 Å². The average molecular weight is 342 g/mol. The van der Waals surface area contributed by atoms with E-state index in [9.17, 15) is 14.7 Å². The number of carbonyl (C=O) groups is 2. The Labute approximate surface area is 144 Å². The van der Waals surface area contributed by atoms with Crippen molar-refractivity contribution in [2.45, 2.75) is 58.7 Å². The lowest BCUT2D eigenvalue weighted by Gasteiger charge is -2.24. The Morgan fingerprint density at radius 3 is 2.33 bits per heavy atom. The molecule has 0 aromatic heterocycles. The van der Waals surface area contributed by atoms with Crippen LogP contribution in [0.1, 0.15) is 52.4 Å². The molecule has 0 saturated carbocycles. The molecule has 1 N–H and O–H groups in total. The number of allylic oxidation sites excluding steroid dienone is 1. The first kappa shape index (κ1) is 20.6. The molecule has 0 spiro atoms. The normalized spacial score (nSPS) is 20.3. The van der Waals surface area contributed by atoms with E-state index < -0.39 is 30.1 Å². The number of hydrogen-bond acceptors (Lipinski definition) is 5. The van der Waals surface area contributed by atoms with E-state index in [4.69, 9.17) is 14.2 Å². The van der Waals surface area contributed by atoms with Crippen molar-refractivity contribution in [2.75, 3.05) is 19.8 Å². The monoisotopic (exact) mass is 342 g/mol. The molecule has 0 aliphatic heterocycles. The molecule has 1 aliphatic carbocycles. The van der Waals surface area contributed by atoms with Gasteiger partial charge in [-0.3, -0.25) is 9.59 Å². The summed E-state index contributed by atoms with van der Waals surface area (Å²) in [5.74, 6) is -2.94. The number of unbranched alkanes of at least 4 members (excludes halogenated alkanes) is 2. The number of ether oxygens (including phenoxy) is 3. The van der Waals surface area contributed by atoms with Gasteiger partial charge in [-0.2, -0.15) is 0 Å². The predicted octanol–water partition coefficient (Wildman–Crippen LogP) is 3.16. The van der Waals surface area contributed by atoms with Crippen LogP contribution in [-0.2, 0) is 23.8 Å². The van der Waals surface area contributed by atoms with E-state index in [1.54, 1.807) is 6.08 Å². The maximum absolute atomic E-state index is 12.2. The molecule has 0 bridgehead atoms. The van der Waals surface area contributed by atoms with E-state index in [2.05, 4.69) is 13.8 Å². The summed E-state index contributed by atoms with van der Waals surface area (Å²) in [4.78, 5) is 23.5. The van der Waals surface area contributed by atoms with Gasteiger partial charge in [0.2, 0.25) is 0 Å². The molecule has 1 rings (SSSR count). The molecular formula is C18H30O6. The van der Waals surface area contributed by atoms with Crippen molar-refractivity contribution in [1.29, 1.82) is 0 Å². The number of rotatable bonds is 12. The standard InChI is InChI=1S/C18H30O6/c1-3-5-11-22-16(23-12-6-4-2)13-24-18(21)15-10-8-7-9-14(15)17(19)20/h8,10,14-16H,3-7,9,11-13H2,1-2H3,(H,19,20). The van der Waals surface area contributed by atoms with Gasteiger partial charge in [-0.1, -0.05) is 38.8 Å². The molecule has 0 aromatic rings. The lowest BCUT2D eigenvalue weighted by molar-refractivity contribution is -0.186. The zero-order chi connectivity index (χ0) is 17.8. The zero-order valence-electron chi connectivity index (χ0n) is 14.7. The number of aliphatic carboxylic acids is 1. The highest BCUT2D eigenvalue weighted by atomic mass is 16.7. The third kappa shape index (κ3) is 7.45. The largest absolute Gasteiger partial charge is 0.481 e. The Morgan fingerprint density at radius 2 is 1.79 bits per heavy atom.